The van der Waals surface area contributed by atoms with Gasteiger partial charge in [0, 0.05) is 34.2 Å². The summed E-state index contributed by atoms with van der Waals surface area (Å²) in [7, 11) is 0. The van der Waals surface area contributed by atoms with Crippen LogP contribution in [0.15, 0.2) is 56.9 Å². The van der Waals surface area contributed by atoms with Crippen molar-refractivity contribution in [2.24, 2.45) is 0 Å². The molecule has 0 amide bonds. The lowest BCUT2D eigenvalue weighted by Crippen LogP contribution is -2.05. The lowest BCUT2D eigenvalue weighted by atomic mass is 10.1. The van der Waals surface area contributed by atoms with Crippen LogP contribution in [0.2, 0.25) is 0 Å². The first-order valence-electron chi connectivity index (χ1n) is 8.53. The van der Waals surface area contributed by atoms with Crippen LogP contribution in [0.25, 0.3) is 21.1 Å². The van der Waals surface area contributed by atoms with Gasteiger partial charge in [-0.1, -0.05) is 34.1 Å². The van der Waals surface area contributed by atoms with E-state index < -0.39 is 0 Å². The Labute approximate surface area is 168 Å². The van der Waals surface area contributed by atoms with E-state index in [9.17, 15) is 4.79 Å². The smallest absolute Gasteiger partial charge is 0.302 e. The van der Waals surface area contributed by atoms with Crippen LogP contribution in [0, 0.1) is 0 Å². The van der Waals surface area contributed by atoms with Crippen LogP contribution in [-0.2, 0) is 22.6 Å². The van der Waals surface area contributed by atoms with Crippen LogP contribution in [-0.4, -0.2) is 12.6 Å². The molecule has 0 aliphatic carbocycles. The number of rotatable bonds is 6. The standard InChI is InChI=1S/C21H17BrO4S/c1-13(23)24-8-6-14-4-2-3-5-19(14)26-11-15-12-27-21-17(15)10-18(22)16-7-9-25-20(16)21/h2-5,7,9-10,12H,6,8,11H2,1H3. The third-order valence-electron chi connectivity index (χ3n) is 4.34. The molecule has 0 spiro atoms. The van der Waals surface area contributed by atoms with Crippen LogP contribution in [0.1, 0.15) is 18.1 Å². The number of ether oxygens (including phenoxy) is 2. The predicted octanol–water partition coefficient (Wildman–Crippen LogP) is 6.09. The molecule has 0 aliphatic rings. The molecule has 4 rings (SSSR count). The zero-order valence-corrected chi connectivity index (χ0v) is 17.1. The maximum absolute atomic E-state index is 11.0. The minimum Gasteiger partial charge on any atom is -0.489 e. The molecule has 27 heavy (non-hydrogen) atoms. The Morgan fingerprint density at radius 1 is 1.19 bits per heavy atom. The van der Waals surface area contributed by atoms with E-state index in [1.165, 1.54) is 6.92 Å². The Kier molecular flexibility index (Phi) is 5.18. The quantitative estimate of drug-likeness (QED) is 0.337. The van der Waals surface area contributed by atoms with E-state index in [4.69, 9.17) is 13.9 Å². The third kappa shape index (κ3) is 3.73. The van der Waals surface area contributed by atoms with Crippen molar-refractivity contribution in [2.75, 3.05) is 6.61 Å². The Bertz CT molecular complexity index is 1110. The van der Waals surface area contributed by atoms with Gasteiger partial charge >= 0.3 is 5.97 Å². The van der Waals surface area contributed by atoms with Gasteiger partial charge in [0.1, 0.15) is 12.4 Å². The molecule has 0 saturated carbocycles. The number of halogens is 1. The molecule has 2 aromatic heterocycles. The number of furan rings is 1. The van der Waals surface area contributed by atoms with Crippen LogP contribution < -0.4 is 4.74 Å². The van der Waals surface area contributed by atoms with E-state index in [0.717, 1.165) is 42.4 Å². The molecule has 0 N–H and O–H groups in total. The highest BCUT2D eigenvalue weighted by Gasteiger charge is 2.14. The van der Waals surface area contributed by atoms with Crippen molar-refractivity contribution < 1.29 is 18.7 Å². The highest BCUT2D eigenvalue weighted by atomic mass is 79.9. The molecule has 0 fully saturated rings. The molecule has 0 unspecified atom stereocenters. The number of carbonyl (C=O) groups excluding carboxylic acids is 1. The van der Waals surface area contributed by atoms with Gasteiger partial charge in [-0.05, 0) is 29.1 Å². The normalized spacial score (nSPS) is 11.2. The number of thiophene rings is 1. The van der Waals surface area contributed by atoms with Gasteiger partial charge in [-0.2, -0.15) is 0 Å². The van der Waals surface area contributed by atoms with Gasteiger partial charge in [-0.25, -0.2) is 0 Å². The van der Waals surface area contributed by atoms with Gasteiger partial charge in [0.25, 0.3) is 0 Å². The fourth-order valence-electron chi connectivity index (χ4n) is 3.04. The summed E-state index contributed by atoms with van der Waals surface area (Å²) >= 11 is 5.29. The third-order valence-corrected chi connectivity index (χ3v) is 6.04. The highest BCUT2D eigenvalue weighted by Crippen LogP contribution is 2.38. The summed E-state index contributed by atoms with van der Waals surface area (Å²) in [5.41, 5.74) is 3.04. The van der Waals surface area contributed by atoms with Gasteiger partial charge in [-0.3, -0.25) is 4.79 Å². The molecule has 0 radical (unpaired) electrons. The predicted molar refractivity (Wildman–Crippen MR) is 110 cm³/mol. The first kappa shape index (κ1) is 18.1. The number of para-hydroxylation sites is 1. The van der Waals surface area contributed by atoms with Crippen molar-refractivity contribution in [2.45, 2.75) is 20.0 Å². The molecule has 0 saturated heterocycles. The minimum absolute atomic E-state index is 0.270. The number of carbonyl (C=O) groups is 1. The first-order chi connectivity index (χ1) is 13.1. The van der Waals surface area contributed by atoms with E-state index >= 15 is 0 Å². The summed E-state index contributed by atoms with van der Waals surface area (Å²) < 4.78 is 19.0. The first-order valence-corrected chi connectivity index (χ1v) is 10.2. The number of hydrogen-bond acceptors (Lipinski definition) is 5. The Hall–Kier alpha value is -2.31. The Morgan fingerprint density at radius 3 is 2.89 bits per heavy atom. The zero-order chi connectivity index (χ0) is 18.8. The lowest BCUT2D eigenvalue weighted by Gasteiger charge is -2.11. The average Bonchev–Trinajstić information content (AvgIpc) is 3.28. The van der Waals surface area contributed by atoms with Crippen molar-refractivity contribution in [1.82, 2.24) is 0 Å². The zero-order valence-electron chi connectivity index (χ0n) is 14.7. The fraction of sp³-hybridized carbons (Fsp3) is 0.190. The van der Waals surface area contributed by atoms with E-state index in [1.807, 2.05) is 30.3 Å². The molecule has 0 aliphatic heterocycles. The minimum atomic E-state index is -0.270. The number of fused-ring (bicyclic) bond motifs is 3. The van der Waals surface area contributed by atoms with Crippen molar-refractivity contribution in [3.63, 3.8) is 0 Å². The number of hydrogen-bond donors (Lipinski definition) is 0. The Morgan fingerprint density at radius 2 is 2.04 bits per heavy atom. The molecule has 6 heteroatoms. The van der Waals surface area contributed by atoms with Crippen LogP contribution in [0.4, 0.5) is 0 Å². The van der Waals surface area contributed by atoms with E-state index in [1.54, 1.807) is 17.6 Å². The second kappa shape index (κ2) is 7.74. The summed E-state index contributed by atoms with van der Waals surface area (Å²) in [4.78, 5) is 11.0. The van der Waals surface area contributed by atoms with Gasteiger partial charge in [0.15, 0.2) is 5.58 Å². The molecule has 0 bridgehead atoms. The second-order valence-corrected chi connectivity index (χ2v) is 7.88. The lowest BCUT2D eigenvalue weighted by molar-refractivity contribution is -0.140. The van der Waals surface area contributed by atoms with Gasteiger partial charge in [0.05, 0.1) is 17.6 Å². The van der Waals surface area contributed by atoms with E-state index in [0.29, 0.717) is 19.6 Å². The van der Waals surface area contributed by atoms with E-state index in [-0.39, 0.29) is 5.97 Å². The van der Waals surface area contributed by atoms with Crippen LogP contribution in [0.5, 0.6) is 5.75 Å². The summed E-state index contributed by atoms with van der Waals surface area (Å²) in [6.45, 7) is 2.22. The molecule has 2 heterocycles. The van der Waals surface area contributed by atoms with Gasteiger partial charge in [-0.15, -0.1) is 11.3 Å². The molecular weight excluding hydrogens is 428 g/mol. The van der Waals surface area contributed by atoms with Crippen molar-refractivity contribution in [3.05, 3.63) is 63.6 Å². The average molecular weight is 445 g/mol. The fourth-order valence-corrected chi connectivity index (χ4v) is 4.62. The number of esters is 1. The topological polar surface area (TPSA) is 48.7 Å². The molecular formula is C21H17BrO4S. The SMILES string of the molecule is CC(=O)OCCc1ccccc1OCc1csc2c1cc(Br)c1ccoc12. The summed E-state index contributed by atoms with van der Waals surface area (Å²) in [5, 5.41) is 4.32. The maximum Gasteiger partial charge on any atom is 0.302 e. The Balaban J connectivity index is 1.56. The monoisotopic (exact) mass is 444 g/mol. The second-order valence-electron chi connectivity index (χ2n) is 6.15. The molecule has 2 aromatic carbocycles. The highest BCUT2D eigenvalue weighted by molar-refractivity contribution is 9.10. The van der Waals surface area contributed by atoms with Gasteiger partial charge in [0.2, 0.25) is 0 Å². The van der Waals surface area contributed by atoms with Crippen molar-refractivity contribution in [3.8, 4) is 5.75 Å². The van der Waals surface area contributed by atoms with Crippen LogP contribution in [0.3, 0.4) is 0 Å². The largest absolute Gasteiger partial charge is 0.489 e. The molecule has 4 aromatic rings. The van der Waals surface area contributed by atoms with Crippen molar-refractivity contribution >= 4 is 54.3 Å². The summed E-state index contributed by atoms with van der Waals surface area (Å²) in [5.74, 6) is 0.537. The summed E-state index contributed by atoms with van der Waals surface area (Å²) in [6.07, 6.45) is 2.34. The maximum atomic E-state index is 11.0. The molecule has 138 valence electrons. The van der Waals surface area contributed by atoms with Gasteiger partial charge < -0.3 is 13.9 Å². The summed E-state index contributed by atoms with van der Waals surface area (Å²) in [6, 6.07) is 11.9. The molecule has 0 atom stereocenters. The molecule has 4 nitrogen and oxygen atoms in total. The number of benzene rings is 2. The van der Waals surface area contributed by atoms with E-state index in [2.05, 4.69) is 27.4 Å². The van der Waals surface area contributed by atoms with Crippen molar-refractivity contribution in [1.29, 1.82) is 0 Å². The van der Waals surface area contributed by atoms with Crippen LogP contribution >= 0.6 is 27.3 Å².